The molecule has 132 valence electrons. The molecule has 25 heavy (non-hydrogen) atoms. The summed E-state index contributed by atoms with van der Waals surface area (Å²) >= 11 is 23.2. The highest BCUT2D eigenvalue weighted by atomic mass is 35.6. The number of alkyl halides is 3. The highest BCUT2D eigenvalue weighted by Gasteiger charge is 2.34. The van der Waals surface area contributed by atoms with E-state index in [1.54, 1.807) is 24.3 Å². The monoisotopic (exact) mass is 415 g/mol. The quantitative estimate of drug-likeness (QED) is 0.393. The third kappa shape index (κ3) is 6.36. The summed E-state index contributed by atoms with van der Waals surface area (Å²) < 4.78 is -1.80. The van der Waals surface area contributed by atoms with Crippen LogP contribution in [0.2, 0.25) is 0 Å². The fourth-order valence-corrected chi connectivity index (χ4v) is 2.59. The largest absolute Gasteiger partial charge is 0.339 e. The summed E-state index contributed by atoms with van der Waals surface area (Å²) in [4.78, 5) is 12.3. The molecule has 0 bridgehead atoms. The Kier molecular flexibility index (Phi) is 6.90. The lowest BCUT2D eigenvalue weighted by Gasteiger charge is -2.27. The summed E-state index contributed by atoms with van der Waals surface area (Å²) in [5.41, 5.74) is 2.30. The van der Waals surface area contributed by atoms with Gasteiger partial charge in [0, 0.05) is 11.3 Å². The van der Waals surface area contributed by atoms with Crippen molar-refractivity contribution in [2.45, 2.75) is 16.9 Å². The summed E-state index contributed by atoms with van der Waals surface area (Å²) in [6, 6.07) is 16.3. The molecule has 0 radical (unpaired) electrons. The van der Waals surface area contributed by atoms with Crippen molar-refractivity contribution in [3.8, 4) is 0 Å². The van der Waals surface area contributed by atoms with Crippen molar-refractivity contribution in [2.75, 3.05) is 5.32 Å². The Labute approximate surface area is 166 Å². The van der Waals surface area contributed by atoms with Crippen molar-refractivity contribution in [3.05, 3.63) is 65.7 Å². The van der Waals surface area contributed by atoms with E-state index < -0.39 is 9.96 Å². The fraction of sp³-hybridized carbons (Fsp3) is 0.176. The van der Waals surface area contributed by atoms with Gasteiger partial charge < -0.3 is 16.0 Å². The number of hydrogen-bond donors (Lipinski definition) is 3. The van der Waals surface area contributed by atoms with Crippen LogP contribution in [0.4, 0.5) is 5.69 Å². The summed E-state index contributed by atoms with van der Waals surface area (Å²) in [6.45, 7) is 1.96. The first-order valence-corrected chi connectivity index (χ1v) is 8.87. The van der Waals surface area contributed by atoms with E-state index in [-0.39, 0.29) is 11.0 Å². The van der Waals surface area contributed by atoms with Crippen molar-refractivity contribution in [2.24, 2.45) is 0 Å². The molecular formula is C17H16Cl3N3OS. The molecule has 1 unspecified atom stereocenters. The Morgan fingerprint density at radius 1 is 1.04 bits per heavy atom. The van der Waals surface area contributed by atoms with E-state index in [0.717, 1.165) is 11.3 Å². The Morgan fingerprint density at radius 3 is 2.32 bits per heavy atom. The van der Waals surface area contributed by atoms with Gasteiger partial charge in [-0.2, -0.15) is 0 Å². The number of benzene rings is 2. The molecular weight excluding hydrogens is 401 g/mol. The second-order valence-corrected chi connectivity index (χ2v) is 8.06. The summed E-state index contributed by atoms with van der Waals surface area (Å²) in [5, 5.41) is 8.66. The molecule has 0 aromatic heterocycles. The van der Waals surface area contributed by atoms with Crippen LogP contribution in [0.3, 0.4) is 0 Å². The maximum Gasteiger partial charge on any atom is 0.252 e. The highest BCUT2D eigenvalue weighted by Crippen LogP contribution is 2.29. The summed E-state index contributed by atoms with van der Waals surface area (Å²) in [5.74, 6) is -0.386. The van der Waals surface area contributed by atoms with Gasteiger partial charge in [-0.25, -0.2) is 0 Å². The van der Waals surface area contributed by atoms with Crippen molar-refractivity contribution in [1.29, 1.82) is 0 Å². The lowest BCUT2D eigenvalue weighted by molar-refractivity contribution is 0.0934. The van der Waals surface area contributed by atoms with Crippen molar-refractivity contribution in [1.82, 2.24) is 10.6 Å². The van der Waals surface area contributed by atoms with Gasteiger partial charge in [-0.15, -0.1) is 0 Å². The normalized spacial score (nSPS) is 12.2. The predicted molar refractivity (Wildman–Crippen MR) is 109 cm³/mol. The molecule has 8 heteroatoms. The van der Waals surface area contributed by atoms with Crippen LogP contribution in [0.5, 0.6) is 0 Å². The van der Waals surface area contributed by atoms with Gasteiger partial charge in [-0.1, -0.05) is 65.1 Å². The van der Waals surface area contributed by atoms with Crippen LogP contribution < -0.4 is 16.0 Å². The van der Waals surface area contributed by atoms with E-state index in [2.05, 4.69) is 16.0 Å². The molecule has 0 heterocycles. The van der Waals surface area contributed by atoms with Gasteiger partial charge in [-0.05, 0) is 49.0 Å². The van der Waals surface area contributed by atoms with Crippen LogP contribution >= 0.6 is 47.0 Å². The molecule has 0 spiro atoms. The number of hydrogen-bond acceptors (Lipinski definition) is 2. The Balaban J connectivity index is 2.05. The minimum absolute atomic E-state index is 0.218. The molecule has 2 aromatic carbocycles. The van der Waals surface area contributed by atoms with E-state index in [4.69, 9.17) is 47.0 Å². The van der Waals surface area contributed by atoms with Gasteiger partial charge in [-0.3, -0.25) is 4.79 Å². The third-order valence-corrected chi connectivity index (χ3v) is 4.06. The Hall–Kier alpha value is -1.53. The molecule has 2 aromatic rings. The highest BCUT2D eigenvalue weighted by molar-refractivity contribution is 7.80. The molecule has 0 aliphatic rings. The first kappa shape index (κ1) is 19.8. The first-order chi connectivity index (χ1) is 11.8. The van der Waals surface area contributed by atoms with E-state index in [1.165, 1.54) is 0 Å². The number of amides is 1. The smallest absolute Gasteiger partial charge is 0.252 e. The number of carbonyl (C=O) groups is 1. The maximum absolute atomic E-state index is 12.3. The number of aryl methyl sites for hydroxylation is 1. The van der Waals surface area contributed by atoms with Crippen LogP contribution in [-0.4, -0.2) is 21.0 Å². The van der Waals surface area contributed by atoms with Gasteiger partial charge in [0.1, 0.15) is 6.17 Å². The minimum Gasteiger partial charge on any atom is -0.339 e. The molecule has 0 saturated heterocycles. The Bertz CT molecular complexity index is 750. The van der Waals surface area contributed by atoms with Gasteiger partial charge in [0.05, 0.1) is 0 Å². The van der Waals surface area contributed by atoms with Crippen molar-refractivity contribution < 1.29 is 4.79 Å². The van der Waals surface area contributed by atoms with Gasteiger partial charge in [0.25, 0.3) is 5.91 Å². The lowest BCUT2D eigenvalue weighted by Crippen LogP contribution is -2.56. The number of rotatable bonds is 4. The topological polar surface area (TPSA) is 53.2 Å². The van der Waals surface area contributed by atoms with E-state index in [0.29, 0.717) is 5.56 Å². The van der Waals surface area contributed by atoms with Gasteiger partial charge in [0.15, 0.2) is 5.11 Å². The zero-order valence-corrected chi connectivity index (χ0v) is 16.3. The number of anilines is 1. The van der Waals surface area contributed by atoms with Crippen LogP contribution in [0, 0.1) is 6.92 Å². The summed E-state index contributed by atoms with van der Waals surface area (Å²) in [7, 11) is 0. The fourth-order valence-electron chi connectivity index (χ4n) is 2.02. The molecule has 0 aliphatic heterocycles. The first-order valence-electron chi connectivity index (χ1n) is 7.32. The number of halogens is 3. The second kappa shape index (κ2) is 8.72. The van der Waals surface area contributed by atoms with E-state index in [1.807, 2.05) is 37.3 Å². The molecule has 1 atom stereocenters. The zero-order valence-electron chi connectivity index (χ0n) is 13.2. The number of thiocarbonyl (C=S) groups is 1. The Morgan fingerprint density at radius 2 is 1.72 bits per heavy atom. The third-order valence-electron chi connectivity index (χ3n) is 3.19. The molecule has 1 amide bonds. The van der Waals surface area contributed by atoms with Crippen molar-refractivity contribution >= 4 is 63.7 Å². The maximum atomic E-state index is 12.3. The van der Waals surface area contributed by atoms with Gasteiger partial charge >= 0.3 is 0 Å². The molecule has 2 rings (SSSR count). The van der Waals surface area contributed by atoms with E-state index in [9.17, 15) is 4.79 Å². The molecule has 3 N–H and O–H groups in total. The minimum atomic E-state index is -1.80. The predicted octanol–water partition coefficient (Wildman–Crippen LogP) is 4.41. The van der Waals surface area contributed by atoms with Crippen LogP contribution in [0.1, 0.15) is 15.9 Å². The SMILES string of the molecule is Cc1cccc(NC(=S)NC(NC(=O)c2ccccc2)C(Cl)(Cl)Cl)c1. The lowest BCUT2D eigenvalue weighted by atomic mass is 10.2. The van der Waals surface area contributed by atoms with Gasteiger partial charge in [0.2, 0.25) is 3.79 Å². The molecule has 4 nitrogen and oxygen atoms in total. The number of carbonyl (C=O) groups excluding carboxylic acids is 1. The molecule has 0 aliphatic carbocycles. The van der Waals surface area contributed by atoms with Crippen molar-refractivity contribution in [3.63, 3.8) is 0 Å². The standard InChI is InChI=1S/C17H16Cl3N3OS/c1-11-6-5-9-13(10-11)21-16(25)23-15(17(18,19)20)22-14(24)12-7-3-2-4-8-12/h2-10,15H,1H3,(H,22,24)(H2,21,23,25). The number of nitrogens with one attached hydrogen (secondary N) is 3. The zero-order chi connectivity index (χ0) is 18.4. The molecule has 0 fully saturated rings. The average molecular weight is 417 g/mol. The van der Waals surface area contributed by atoms with Crippen LogP contribution in [0.15, 0.2) is 54.6 Å². The second-order valence-electron chi connectivity index (χ2n) is 5.28. The van der Waals surface area contributed by atoms with E-state index >= 15 is 0 Å². The summed E-state index contributed by atoms with van der Waals surface area (Å²) in [6.07, 6.45) is -1.02. The van der Waals surface area contributed by atoms with Crippen LogP contribution in [-0.2, 0) is 0 Å². The van der Waals surface area contributed by atoms with Crippen LogP contribution in [0.25, 0.3) is 0 Å². The molecule has 0 saturated carbocycles. The average Bonchev–Trinajstić information content (AvgIpc) is 2.54.